The Hall–Kier alpha value is -2.49. The molecule has 2 aromatic rings. The lowest BCUT2D eigenvalue weighted by Gasteiger charge is -2.16. The number of phenolic OH excluding ortho intramolecular Hbond substituents is 1. The molecule has 0 unspecified atom stereocenters. The van der Waals surface area contributed by atoms with Crippen LogP contribution in [0.25, 0.3) is 0 Å². The largest absolute Gasteiger partial charge is 0.506 e. The maximum Gasteiger partial charge on any atom is 0.351 e. The van der Waals surface area contributed by atoms with Gasteiger partial charge in [0.15, 0.2) is 12.4 Å². The number of aromatic hydroxyl groups is 1. The molecule has 0 bridgehead atoms. The minimum absolute atomic E-state index is 0.0136. The molecule has 1 aliphatic heterocycles. The second-order valence-corrected chi connectivity index (χ2v) is 5.33. The van der Waals surface area contributed by atoms with E-state index in [1.54, 1.807) is 18.2 Å². The summed E-state index contributed by atoms with van der Waals surface area (Å²) in [5.41, 5.74) is -0.438. The van der Waals surface area contributed by atoms with Crippen molar-refractivity contribution in [2.75, 3.05) is 11.9 Å². The molecule has 8 nitrogen and oxygen atoms in total. The fourth-order valence-corrected chi connectivity index (χ4v) is 2.47. The van der Waals surface area contributed by atoms with Gasteiger partial charge >= 0.3 is 5.69 Å². The Bertz CT molecular complexity index is 784. The van der Waals surface area contributed by atoms with Gasteiger partial charge in [0.2, 0.25) is 0 Å². The Morgan fingerprint density at radius 2 is 2.08 bits per heavy atom. The van der Waals surface area contributed by atoms with Gasteiger partial charge in [-0.05, 0) is 18.2 Å². The fourth-order valence-electron chi connectivity index (χ4n) is 2.47. The van der Waals surface area contributed by atoms with E-state index in [0.717, 1.165) is 4.57 Å². The molecule has 128 valence electrons. The lowest BCUT2D eigenvalue weighted by atomic mass is 10.1. The van der Waals surface area contributed by atoms with Crippen LogP contribution in [0.15, 0.2) is 41.3 Å². The van der Waals surface area contributed by atoms with Crippen molar-refractivity contribution in [2.45, 2.75) is 24.6 Å². The molecule has 2 heterocycles. The number of phenols is 1. The monoisotopic (exact) mass is 337 g/mol. The molecule has 4 N–H and O–H groups in total. The average molecular weight is 337 g/mol. The third-order valence-corrected chi connectivity index (χ3v) is 3.74. The number of aromatic nitrogens is 2. The van der Waals surface area contributed by atoms with E-state index in [2.05, 4.69) is 10.3 Å². The number of anilines is 2. The molecule has 0 radical (unpaired) electrons. The van der Waals surface area contributed by atoms with Gasteiger partial charge in [0.05, 0.1) is 12.3 Å². The number of alkyl halides is 1. The van der Waals surface area contributed by atoms with Crippen LogP contribution in [0.1, 0.15) is 6.23 Å². The predicted octanol–water partition coefficient (Wildman–Crippen LogP) is 0.281. The van der Waals surface area contributed by atoms with Gasteiger partial charge < -0.3 is 25.4 Å². The van der Waals surface area contributed by atoms with E-state index < -0.39 is 36.9 Å². The first-order valence-electron chi connectivity index (χ1n) is 7.24. The van der Waals surface area contributed by atoms with Crippen molar-refractivity contribution in [2.24, 2.45) is 0 Å². The van der Waals surface area contributed by atoms with E-state index in [0.29, 0.717) is 5.69 Å². The van der Waals surface area contributed by atoms with Crippen molar-refractivity contribution in [1.29, 1.82) is 0 Å². The zero-order chi connectivity index (χ0) is 17.3. The van der Waals surface area contributed by atoms with Gasteiger partial charge in [0, 0.05) is 6.20 Å². The Morgan fingerprint density at radius 3 is 2.71 bits per heavy atom. The summed E-state index contributed by atoms with van der Waals surface area (Å²) in [7, 11) is 0. The van der Waals surface area contributed by atoms with Crippen molar-refractivity contribution in [3.05, 3.63) is 47.0 Å². The third-order valence-electron chi connectivity index (χ3n) is 3.74. The van der Waals surface area contributed by atoms with Crippen LogP contribution >= 0.6 is 0 Å². The van der Waals surface area contributed by atoms with Crippen LogP contribution in [0.2, 0.25) is 0 Å². The standard InChI is InChI=1S/C15H16FN3O5/c16-12-13(22)10(7-20)24-14(12)19-6-5-11(18-15(19)23)17-8-3-1-2-4-9(8)21/h1-6,10,12-14,20-22H,7H2,(H,17,18,23)/t10-,12-,13-,14-/m1/s1. The highest BCUT2D eigenvalue weighted by Gasteiger charge is 2.45. The first kappa shape index (κ1) is 16.4. The van der Waals surface area contributed by atoms with Crippen LogP contribution in [0.5, 0.6) is 5.75 Å². The van der Waals surface area contributed by atoms with Crippen LogP contribution < -0.4 is 11.0 Å². The van der Waals surface area contributed by atoms with E-state index in [-0.39, 0.29) is 11.6 Å². The second-order valence-electron chi connectivity index (χ2n) is 5.33. The third kappa shape index (κ3) is 2.96. The molecule has 3 rings (SSSR count). The summed E-state index contributed by atoms with van der Waals surface area (Å²) < 4.78 is 20.1. The number of aliphatic hydroxyl groups is 2. The summed E-state index contributed by atoms with van der Waals surface area (Å²) in [4.78, 5) is 15.9. The number of rotatable bonds is 4. The molecule has 4 atom stereocenters. The lowest BCUT2D eigenvalue weighted by Crippen LogP contribution is -2.33. The number of hydrogen-bond acceptors (Lipinski definition) is 7. The van der Waals surface area contributed by atoms with Crippen LogP contribution in [0.3, 0.4) is 0 Å². The molecule has 0 aliphatic carbocycles. The van der Waals surface area contributed by atoms with Gasteiger partial charge in [0.1, 0.15) is 23.8 Å². The highest BCUT2D eigenvalue weighted by molar-refractivity contribution is 5.62. The van der Waals surface area contributed by atoms with Crippen molar-refractivity contribution < 1.29 is 24.4 Å². The van der Waals surface area contributed by atoms with E-state index in [1.807, 2.05) is 0 Å². The molecule has 0 amide bonds. The van der Waals surface area contributed by atoms with Gasteiger partial charge in [-0.2, -0.15) is 4.98 Å². The Balaban J connectivity index is 1.83. The molecule has 1 aromatic heterocycles. The first-order chi connectivity index (χ1) is 11.5. The van der Waals surface area contributed by atoms with E-state index in [4.69, 9.17) is 9.84 Å². The topological polar surface area (TPSA) is 117 Å². The smallest absolute Gasteiger partial charge is 0.351 e. The minimum atomic E-state index is -1.86. The zero-order valence-corrected chi connectivity index (χ0v) is 12.4. The number of nitrogens with one attached hydrogen (secondary N) is 1. The minimum Gasteiger partial charge on any atom is -0.506 e. The van der Waals surface area contributed by atoms with Crippen LogP contribution in [-0.4, -0.2) is 49.9 Å². The number of nitrogens with zero attached hydrogens (tertiary/aromatic N) is 2. The predicted molar refractivity (Wildman–Crippen MR) is 81.8 cm³/mol. The summed E-state index contributed by atoms with van der Waals surface area (Å²) in [6.45, 7) is -0.562. The van der Waals surface area contributed by atoms with Crippen molar-refractivity contribution in [1.82, 2.24) is 9.55 Å². The maximum absolute atomic E-state index is 14.1. The summed E-state index contributed by atoms with van der Waals surface area (Å²) in [5.74, 6) is 0.144. The molecule has 1 saturated heterocycles. The first-order valence-corrected chi connectivity index (χ1v) is 7.24. The molecule has 24 heavy (non-hydrogen) atoms. The van der Waals surface area contributed by atoms with Gasteiger partial charge in [0.25, 0.3) is 0 Å². The molecule has 1 fully saturated rings. The molecule has 1 aliphatic rings. The highest BCUT2D eigenvalue weighted by Crippen LogP contribution is 2.31. The summed E-state index contributed by atoms with van der Waals surface area (Å²) in [6.07, 6.45) is -4.58. The van der Waals surface area contributed by atoms with Crippen molar-refractivity contribution in [3.8, 4) is 5.75 Å². The van der Waals surface area contributed by atoms with Gasteiger partial charge in [-0.3, -0.25) is 4.57 Å². The number of hydrogen-bond donors (Lipinski definition) is 4. The molecule has 9 heteroatoms. The SMILES string of the molecule is O=c1nc(Nc2ccccc2O)ccn1[C@@H]1O[C@H](CO)[C@@H](O)[C@H]1F. The second kappa shape index (κ2) is 6.56. The average Bonchev–Trinajstić information content (AvgIpc) is 2.85. The van der Waals surface area contributed by atoms with E-state index >= 15 is 0 Å². The maximum atomic E-state index is 14.1. The Morgan fingerprint density at radius 1 is 1.33 bits per heavy atom. The summed E-state index contributed by atoms with van der Waals surface area (Å²) in [6, 6.07) is 7.82. The van der Waals surface area contributed by atoms with Crippen LogP contribution in [-0.2, 0) is 4.74 Å². The number of para-hydroxylation sites is 2. The summed E-state index contributed by atoms with van der Waals surface area (Å²) in [5, 5.41) is 31.1. The van der Waals surface area contributed by atoms with E-state index in [9.17, 15) is 19.4 Å². The van der Waals surface area contributed by atoms with Gasteiger partial charge in [-0.25, -0.2) is 9.18 Å². The number of ether oxygens (including phenoxy) is 1. The van der Waals surface area contributed by atoms with E-state index in [1.165, 1.54) is 18.3 Å². The number of benzene rings is 1. The molecular formula is C15H16FN3O5. The molecule has 0 saturated carbocycles. The quantitative estimate of drug-likeness (QED) is 0.592. The molecule has 0 spiro atoms. The number of halogens is 1. The van der Waals surface area contributed by atoms with Crippen molar-refractivity contribution >= 4 is 11.5 Å². The van der Waals surface area contributed by atoms with Crippen molar-refractivity contribution in [3.63, 3.8) is 0 Å². The van der Waals surface area contributed by atoms with Crippen LogP contribution in [0.4, 0.5) is 15.9 Å². The highest BCUT2D eigenvalue weighted by atomic mass is 19.1. The lowest BCUT2D eigenvalue weighted by molar-refractivity contribution is -0.0490. The van der Waals surface area contributed by atoms with Crippen LogP contribution in [0, 0.1) is 0 Å². The summed E-state index contributed by atoms with van der Waals surface area (Å²) >= 11 is 0. The molecular weight excluding hydrogens is 321 g/mol. The Labute approximate surface area is 135 Å². The number of aliphatic hydroxyl groups excluding tert-OH is 2. The molecule has 1 aromatic carbocycles. The van der Waals surface area contributed by atoms with Gasteiger partial charge in [-0.15, -0.1) is 0 Å². The van der Waals surface area contributed by atoms with Gasteiger partial charge in [-0.1, -0.05) is 12.1 Å². The zero-order valence-electron chi connectivity index (χ0n) is 12.4. The Kier molecular flexibility index (Phi) is 4.47. The normalized spacial score (nSPS) is 26.5. The fraction of sp³-hybridized carbons (Fsp3) is 0.333.